The first-order valence-electron chi connectivity index (χ1n) is 6.16. The third kappa shape index (κ3) is 2.88. The van der Waals surface area contributed by atoms with Crippen LogP contribution < -0.4 is 5.32 Å². The van der Waals surface area contributed by atoms with E-state index in [9.17, 15) is 9.59 Å². The highest BCUT2D eigenvalue weighted by Crippen LogP contribution is 2.48. The maximum absolute atomic E-state index is 11.5. The molecule has 2 rings (SSSR count). The molecule has 1 aromatic carbocycles. The minimum atomic E-state index is -0.103. The largest absolute Gasteiger partial charge is 0.466 e. The standard InChI is InChI=1S/C14H17NO3/c1-3-18-14(17)13-8-12(13)10-4-6-11(7-5-10)15-9(2)16/h4-7,12-13H,3,8H2,1-2H3,(H,15,16). The second kappa shape index (κ2) is 5.21. The van der Waals surface area contributed by atoms with Gasteiger partial charge in [0.15, 0.2) is 0 Å². The van der Waals surface area contributed by atoms with Crippen LogP contribution in [-0.4, -0.2) is 18.5 Å². The number of hydrogen-bond acceptors (Lipinski definition) is 3. The quantitative estimate of drug-likeness (QED) is 0.831. The third-order valence-corrected chi connectivity index (χ3v) is 3.04. The van der Waals surface area contributed by atoms with Crippen LogP contribution >= 0.6 is 0 Å². The van der Waals surface area contributed by atoms with Gasteiger partial charge in [-0.1, -0.05) is 12.1 Å². The Hall–Kier alpha value is -1.84. The van der Waals surface area contributed by atoms with Crippen molar-refractivity contribution in [2.24, 2.45) is 5.92 Å². The summed E-state index contributed by atoms with van der Waals surface area (Å²) in [6.45, 7) is 3.73. The van der Waals surface area contributed by atoms with Gasteiger partial charge in [-0.25, -0.2) is 0 Å². The normalized spacial score (nSPS) is 21.2. The van der Waals surface area contributed by atoms with E-state index in [1.165, 1.54) is 6.92 Å². The van der Waals surface area contributed by atoms with Crippen molar-refractivity contribution in [1.29, 1.82) is 0 Å². The van der Waals surface area contributed by atoms with Gasteiger partial charge in [0.1, 0.15) is 0 Å². The number of hydrogen-bond donors (Lipinski definition) is 1. The molecule has 1 N–H and O–H groups in total. The first kappa shape index (κ1) is 12.6. The minimum absolute atomic E-state index is 0.0107. The summed E-state index contributed by atoms with van der Waals surface area (Å²) in [5.41, 5.74) is 1.90. The maximum Gasteiger partial charge on any atom is 0.309 e. The van der Waals surface area contributed by atoms with Gasteiger partial charge in [0, 0.05) is 12.6 Å². The zero-order chi connectivity index (χ0) is 13.1. The highest BCUT2D eigenvalue weighted by molar-refractivity contribution is 5.88. The molecule has 2 atom stereocenters. The van der Waals surface area contributed by atoms with Crippen molar-refractivity contribution in [3.05, 3.63) is 29.8 Å². The Morgan fingerprint density at radius 1 is 1.33 bits per heavy atom. The molecule has 1 saturated carbocycles. The maximum atomic E-state index is 11.5. The highest BCUT2D eigenvalue weighted by atomic mass is 16.5. The van der Waals surface area contributed by atoms with Crippen LogP contribution in [-0.2, 0) is 14.3 Å². The number of esters is 1. The Morgan fingerprint density at radius 2 is 2.00 bits per heavy atom. The predicted octanol–water partition coefficient (Wildman–Crippen LogP) is 2.31. The van der Waals surface area contributed by atoms with Gasteiger partial charge in [0.25, 0.3) is 0 Å². The Morgan fingerprint density at radius 3 is 2.56 bits per heavy atom. The van der Waals surface area contributed by atoms with Crippen LogP contribution in [0.15, 0.2) is 24.3 Å². The van der Waals surface area contributed by atoms with E-state index in [1.807, 2.05) is 31.2 Å². The molecule has 0 heterocycles. The fraction of sp³-hybridized carbons (Fsp3) is 0.429. The van der Waals surface area contributed by atoms with Gasteiger partial charge in [0.05, 0.1) is 12.5 Å². The van der Waals surface area contributed by atoms with E-state index in [0.29, 0.717) is 6.61 Å². The molecule has 1 fully saturated rings. The molecular weight excluding hydrogens is 230 g/mol. The molecule has 18 heavy (non-hydrogen) atoms. The van der Waals surface area contributed by atoms with Crippen LogP contribution in [0, 0.1) is 5.92 Å². The van der Waals surface area contributed by atoms with Crippen LogP contribution in [0.2, 0.25) is 0 Å². The number of benzene rings is 1. The number of carbonyl (C=O) groups is 2. The lowest BCUT2D eigenvalue weighted by Crippen LogP contribution is -2.07. The number of rotatable bonds is 4. The van der Waals surface area contributed by atoms with Gasteiger partial charge in [0.2, 0.25) is 5.91 Å². The van der Waals surface area contributed by atoms with Gasteiger partial charge in [-0.15, -0.1) is 0 Å². The molecule has 0 spiro atoms. The van der Waals surface area contributed by atoms with Gasteiger partial charge in [-0.05, 0) is 37.0 Å². The van der Waals surface area contributed by atoms with Crippen LogP contribution in [0.3, 0.4) is 0 Å². The Balaban J connectivity index is 1.96. The molecule has 2 unspecified atom stereocenters. The topological polar surface area (TPSA) is 55.4 Å². The molecule has 1 amide bonds. The van der Waals surface area contributed by atoms with E-state index in [1.54, 1.807) is 0 Å². The van der Waals surface area contributed by atoms with E-state index >= 15 is 0 Å². The average Bonchev–Trinajstić information content (AvgIpc) is 3.09. The van der Waals surface area contributed by atoms with Crippen LogP contribution in [0.25, 0.3) is 0 Å². The molecule has 0 aliphatic heterocycles. The predicted molar refractivity (Wildman–Crippen MR) is 68.2 cm³/mol. The molecule has 4 nitrogen and oxygen atoms in total. The summed E-state index contributed by atoms with van der Waals surface area (Å²) in [5.74, 6) is 0.0963. The first-order chi connectivity index (χ1) is 8.61. The molecular formula is C14H17NO3. The van der Waals surface area contributed by atoms with E-state index in [4.69, 9.17) is 4.74 Å². The van der Waals surface area contributed by atoms with Crippen molar-refractivity contribution in [2.45, 2.75) is 26.2 Å². The fourth-order valence-corrected chi connectivity index (χ4v) is 2.09. The van der Waals surface area contributed by atoms with Crippen LogP contribution in [0.4, 0.5) is 5.69 Å². The third-order valence-electron chi connectivity index (χ3n) is 3.04. The summed E-state index contributed by atoms with van der Waals surface area (Å²) in [5, 5.41) is 2.72. The molecule has 0 saturated heterocycles. The summed E-state index contributed by atoms with van der Waals surface area (Å²) < 4.78 is 5.00. The molecule has 0 bridgehead atoms. The fourth-order valence-electron chi connectivity index (χ4n) is 2.09. The van der Waals surface area contributed by atoms with Gasteiger partial charge in [-0.3, -0.25) is 9.59 Å². The van der Waals surface area contributed by atoms with Crippen LogP contribution in [0.1, 0.15) is 31.7 Å². The minimum Gasteiger partial charge on any atom is -0.466 e. The van der Waals surface area contributed by atoms with Crippen LogP contribution in [0.5, 0.6) is 0 Å². The summed E-state index contributed by atoms with van der Waals surface area (Å²) in [4.78, 5) is 22.4. The average molecular weight is 247 g/mol. The summed E-state index contributed by atoms with van der Waals surface area (Å²) in [7, 11) is 0. The van der Waals surface area contributed by atoms with E-state index < -0.39 is 0 Å². The second-order valence-corrected chi connectivity index (χ2v) is 4.50. The van der Waals surface area contributed by atoms with E-state index in [0.717, 1.165) is 17.7 Å². The SMILES string of the molecule is CCOC(=O)C1CC1c1ccc(NC(C)=O)cc1. The number of ether oxygens (including phenoxy) is 1. The Kier molecular flexibility index (Phi) is 3.65. The van der Waals surface area contributed by atoms with Crippen molar-refractivity contribution in [3.8, 4) is 0 Å². The number of anilines is 1. The Bertz CT molecular complexity index is 453. The van der Waals surface area contributed by atoms with Gasteiger partial charge >= 0.3 is 5.97 Å². The van der Waals surface area contributed by atoms with E-state index in [-0.39, 0.29) is 23.7 Å². The Labute approximate surface area is 106 Å². The van der Waals surface area contributed by atoms with Crippen molar-refractivity contribution in [2.75, 3.05) is 11.9 Å². The molecule has 4 heteroatoms. The van der Waals surface area contributed by atoms with Crippen molar-refractivity contribution >= 4 is 17.6 Å². The smallest absolute Gasteiger partial charge is 0.309 e. The number of nitrogens with one attached hydrogen (secondary N) is 1. The zero-order valence-electron chi connectivity index (χ0n) is 10.6. The second-order valence-electron chi connectivity index (χ2n) is 4.50. The molecule has 96 valence electrons. The lowest BCUT2D eigenvalue weighted by Gasteiger charge is -2.04. The highest BCUT2D eigenvalue weighted by Gasteiger charge is 2.44. The van der Waals surface area contributed by atoms with Gasteiger partial charge < -0.3 is 10.1 Å². The number of carbonyl (C=O) groups excluding carboxylic acids is 2. The lowest BCUT2D eigenvalue weighted by molar-refractivity contribution is -0.144. The molecule has 1 aromatic rings. The zero-order valence-corrected chi connectivity index (χ0v) is 10.6. The molecule has 0 radical (unpaired) electrons. The van der Waals surface area contributed by atoms with Gasteiger partial charge in [-0.2, -0.15) is 0 Å². The van der Waals surface area contributed by atoms with E-state index in [2.05, 4.69) is 5.32 Å². The molecule has 1 aliphatic rings. The molecule has 0 aromatic heterocycles. The summed E-state index contributed by atoms with van der Waals surface area (Å²) >= 11 is 0. The van der Waals surface area contributed by atoms with Crippen molar-refractivity contribution < 1.29 is 14.3 Å². The first-order valence-corrected chi connectivity index (χ1v) is 6.16. The monoisotopic (exact) mass is 247 g/mol. The summed E-state index contributed by atoms with van der Waals surface area (Å²) in [6, 6.07) is 7.62. The number of amides is 1. The lowest BCUT2D eigenvalue weighted by atomic mass is 10.1. The van der Waals surface area contributed by atoms with Crippen molar-refractivity contribution in [3.63, 3.8) is 0 Å². The summed E-state index contributed by atoms with van der Waals surface area (Å²) in [6.07, 6.45) is 0.859. The van der Waals surface area contributed by atoms with Crippen molar-refractivity contribution in [1.82, 2.24) is 0 Å². The molecule has 1 aliphatic carbocycles.